The van der Waals surface area contributed by atoms with Crippen LogP contribution >= 0.6 is 0 Å². The van der Waals surface area contributed by atoms with Crippen LogP contribution < -0.4 is 10.1 Å². The molecule has 3 aliphatic heterocycles. The third-order valence-electron chi connectivity index (χ3n) is 7.19. The number of unbranched alkanes of at least 4 members (excludes halogenated alkanes) is 4. The van der Waals surface area contributed by atoms with Crippen LogP contribution in [0.15, 0.2) is 24.3 Å². The quantitative estimate of drug-likeness (QED) is 0.366. The van der Waals surface area contributed by atoms with Crippen LogP contribution in [0.1, 0.15) is 65.7 Å². The highest BCUT2D eigenvalue weighted by Crippen LogP contribution is 2.47. The van der Waals surface area contributed by atoms with Crippen molar-refractivity contribution in [3.63, 3.8) is 0 Å². The lowest BCUT2D eigenvalue weighted by Crippen LogP contribution is -2.46. The van der Waals surface area contributed by atoms with Crippen molar-refractivity contribution < 1.29 is 33.2 Å². The molecule has 3 aliphatic rings. The Morgan fingerprint density at radius 2 is 1.81 bits per heavy atom. The van der Waals surface area contributed by atoms with Gasteiger partial charge in [0, 0.05) is 18.8 Å². The maximum atomic E-state index is 13.0. The highest BCUT2D eigenvalue weighted by atomic mass is 16.9. The lowest BCUT2D eigenvalue weighted by molar-refractivity contribution is -0.278. The van der Waals surface area contributed by atoms with Crippen LogP contribution in [0.25, 0.3) is 0 Å². The van der Waals surface area contributed by atoms with Gasteiger partial charge >= 0.3 is 6.09 Å². The van der Waals surface area contributed by atoms with E-state index in [0.29, 0.717) is 24.6 Å². The van der Waals surface area contributed by atoms with Crippen molar-refractivity contribution in [3.05, 3.63) is 24.3 Å². The summed E-state index contributed by atoms with van der Waals surface area (Å²) in [6, 6.07) is 7.10. The Bertz CT molecular complexity index is 859. The number of nitrogens with zero attached hydrogens (tertiary/aromatic N) is 1. The molecule has 1 amide bonds. The number of rotatable bonds is 13. The van der Waals surface area contributed by atoms with E-state index in [-0.39, 0.29) is 6.61 Å². The van der Waals surface area contributed by atoms with Crippen molar-refractivity contribution >= 4 is 11.8 Å². The number of hydrogen-bond acceptors (Lipinski definition) is 8. The zero-order valence-corrected chi connectivity index (χ0v) is 22.8. The second-order valence-corrected chi connectivity index (χ2v) is 10.7. The Balaban J connectivity index is 1.44. The average molecular weight is 521 g/mol. The van der Waals surface area contributed by atoms with Gasteiger partial charge in [-0.2, -0.15) is 0 Å². The van der Waals surface area contributed by atoms with E-state index < -0.39 is 36.0 Å². The SMILES string of the molecule is CCCCCCCOC[C@@]12O[C@@H](CN3CCCC3)[C@@H](OC(=O)Nc3ccc(OC)cc3)[C@@H]1OC(C)(C)O2. The predicted octanol–water partition coefficient (Wildman–Crippen LogP) is 4.94. The molecule has 3 fully saturated rings. The Kier molecular flexibility index (Phi) is 9.69. The summed E-state index contributed by atoms with van der Waals surface area (Å²) in [7, 11) is 1.60. The summed E-state index contributed by atoms with van der Waals surface area (Å²) in [4.78, 5) is 15.3. The number of ether oxygens (including phenoxy) is 6. The van der Waals surface area contributed by atoms with Gasteiger partial charge in [-0.3, -0.25) is 5.32 Å². The number of carbonyl (C=O) groups is 1. The molecule has 4 rings (SSSR count). The van der Waals surface area contributed by atoms with Gasteiger partial charge in [-0.15, -0.1) is 0 Å². The fourth-order valence-corrected chi connectivity index (χ4v) is 5.43. The van der Waals surface area contributed by atoms with Crippen molar-refractivity contribution in [2.24, 2.45) is 0 Å². The highest BCUT2D eigenvalue weighted by molar-refractivity contribution is 5.84. The van der Waals surface area contributed by atoms with Crippen molar-refractivity contribution in [1.29, 1.82) is 0 Å². The van der Waals surface area contributed by atoms with E-state index in [1.807, 2.05) is 13.8 Å². The number of methoxy groups -OCH3 is 1. The minimum absolute atomic E-state index is 0.228. The highest BCUT2D eigenvalue weighted by Gasteiger charge is 2.66. The lowest BCUT2D eigenvalue weighted by Gasteiger charge is -2.30. The number of benzene rings is 1. The fourth-order valence-electron chi connectivity index (χ4n) is 5.43. The van der Waals surface area contributed by atoms with Crippen LogP contribution in [-0.4, -0.2) is 80.8 Å². The summed E-state index contributed by atoms with van der Waals surface area (Å²) in [5.74, 6) is -1.30. The average Bonchev–Trinajstić information content (AvgIpc) is 3.53. The van der Waals surface area contributed by atoms with Gasteiger partial charge in [0.15, 0.2) is 18.0 Å². The summed E-state index contributed by atoms with van der Waals surface area (Å²) in [5.41, 5.74) is 0.613. The molecule has 9 heteroatoms. The van der Waals surface area contributed by atoms with Crippen LogP contribution in [0, 0.1) is 0 Å². The monoisotopic (exact) mass is 520 g/mol. The molecule has 1 aromatic carbocycles. The number of nitrogens with one attached hydrogen (secondary N) is 1. The fraction of sp³-hybridized carbons (Fsp3) is 0.750. The van der Waals surface area contributed by atoms with Gasteiger partial charge in [0.1, 0.15) is 18.5 Å². The van der Waals surface area contributed by atoms with Crippen molar-refractivity contribution in [2.45, 2.75) is 95.6 Å². The molecule has 0 aliphatic carbocycles. The zero-order chi connectivity index (χ0) is 26.3. The van der Waals surface area contributed by atoms with Crippen LogP contribution in [0.3, 0.4) is 0 Å². The summed E-state index contributed by atoms with van der Waals surface area (Å²) in [6.07, 6.45) is 5.92. The molecule has 4 atom stereocenters. The second-order valence-electron chi connectivity index (χ2n) is 10.7. The number of likely N-dealkylation sites (tertiary alicyclic amines) is 1. The molecule has 208 valence electrons. The molecular weight excluding hydrogens is 476 g/mol. The van der Waals surface area contributed by atoms with Crippen molar-refractivity contribution in [1.82, 2.24) is 4.90 Å². The van der Waals surface area contributed by atoms with E-state index in [4.69, 9.17) is 28.4 Å². The Morgan fingerprint density at radius 3 is 2.51 bits per heavy atom. The van der Waals surface area contributed by atoms with Gasteiger partial charge in [-0.05, 0) is 70.5 Å². The Morgan fingerprint density at radius 1 is 1.08 bits per heavy atom. The van der Waals surface area contributed by atoms with E-state index in [2.05, 4.69) is 17.1 Å². The number of fused-ring (bicyclic) bond motifs is 1. The molecule has 3 saturated heterocycles. The van der Waals surface area contributed by atoms with Crippen LogP contribution in [0.2, 0.25) is 0 Å². The normalized spacial score (nSPS) is 28.8. The molecule has 1 N–H and O–H groups in total. The molecule has 9 nitrogen and oxygen atoms in total. The van der Waals surface area contributed by atoms with E-state index >= 15 is 0 Å². The van der Waals surface area contributed by atoms with Crippen LogP contribution in [0.5, 0.6) is 5.75 Å². The maximum absolute atomic E-state index is 13.0. The first-order chi connectivity index (χ1) is 17.8. The van der Waals surface area contributed by atoms with Crippen LogP contribution in [0.4, 0.5) is 10.5 Å². The molecule has 0 saturated carbocycles. The number of amides is 1. The van der Waals surface area contributed by atoms with Gasteiger partial charge in [0.25, 0.3) is 0 Å². The first-order valence-corrected chi connectivity index (χ1v) is 13.8. The second kappa shape index (κ2) is 12.8. The van der Waals surface area contributed by atoms with Gasteiger partial charge < -0.3 is 33.3 Å². The molecule has 0 aromatic heterocycles. The molecule has 37 heavy (non-hydrogen) atoms. The smallest absolute Gasteiger partial charge is 0.412 e. The maximum Gasteiger partial charge on any atom is 0.412 e. The van der Waals surface area contributed by atoms with Gasteiger partial charge in [0.2, 0.25) is 5.79 Å². The third kappa shape index (κ3) is 7.35. The molecule has 0 radical (unpaired) electrons. The summed E-state index contributed by atoms with van der Waals surface area (Å²) >= 11 is 0. The molecule has 0 bridgehead atoms. The topological polar surface area (TPSA) is 87.7 Å². The van der Waals surface area contributed by atoms with E-state index in [1.54, 1.807) is 31.4 Å². The Hall–Kier alpha value is -1.91. The van der Waals surface area contributed by atoms with E-state index in [1.165, 1.54) is 19.3 Å². The standard InChI is InChI=1S/C28H44N2O7/c1-5-6-7-8-11-18-33-20-28-25(36-27(2,3)37-28)24(23(35-28)19-30-16-9-10-17-30)34-26(31)29-21-12-14-22(32-4)15-13-21/h12-15,23-25H,5-11,16-20H2,1-4H3,(H,29,31)/t23-,24+,25-,28-/m0/s1. The third-order valence-corrected chi connectivity index (χ3v) is 7.19. The molecule has 3 heterocycles. The molecule has 1 aromatic rings. The molecule has 0 unspecified atom stereocenters. The van der Waals surface area contributed by atoms with Gasteiger partial charge in [-0.25, -0.2) is 4.79 Å². The van der Waals surface area contributed by atoms with Crippen LogP contribution in [-0.2, 0) is 23.7 Å². The minimum Gasteiger partial charge on any atom is -0.497 e. The largest absolute Gasteiger partial charge is 0.497 e. The minimum atomic E-state index is -1.12. The van der Waals surface area contributed by atoms with Gasteiger partial charge in [0.05, 0.1) is 7.11 Å². The first-order valence-electron chi connectivity index (χ1n) is 13.8. The first kappa shape index (κ1) is 28.1. The lowest BCUT2D eigenvalue weighted by atomic mass is 10.0. The molecular formula is C28H44N2O7. The van der Waals surface area contributed by atoms with E-state index in [9.17, 15) is 4.79 Å². The zero-order valence-electron chi connectivity index (χ0n) is 22.8. The van der Waals surface area contributed by atoms with Crippen molar-refractivity contribution in [3.8, 4) is 5.75 Å². The summed E-state index contributed by atoms with van der Waals surface area (Å²) < 4.78 is 36.5. The number of carbonyl (C=O) groups excluding carboxylic acids is 1. The van der Waals surface area contributed by atoms with Crippen molar-refractivity contribution in [2.75, 3.05) is 45.3 Å². The summed E-state index contributed by atoms with van der Waals surface area (Å²) in [6.45, 7) is 9.42. The predicted molar refractivity (Wildman–Crippen MR) is 140 cm³/mol. The molecule has 0 spiro atoms. The van der Waals surface area contributed by atoms with E-state index in [0.717, 1.165) is 38.8 Å². The van der Waals surface area contributed by atoms with Gasteiger partial charge in [-0.1, -0.05) is 32.6 Å². The summed E-state index contributed by atoms with van der Waals surface area (Å²) in [5, 5.41) is 2.81. The Labute approximate surface area is 221 Å². The number of anilines is 1. The number of hydrogen-bond donors (Lipinski definition) is 1.